The molecule has 0 atom stereocenters. The van der Waals surface area contributed by atoms with Crippen molar-refractivity contribution in [3.63, 3.8) is 0 Å². The summed E-state index contributed by atoms with van der Waals surface area (Å²) in [5.41, 5.74) is 3.73. The molecule has 0 aliphatic rings. The molecule has 0 radical (unpaired) electrons. The molecule has 1 amide bonds. The molecule has 2 aromatic carbocycles. The number of ether oxygens (including phenoxy) is 3. The molecule has 0 spiro atoms. The zero-order valence-electron chi connectivity index (χ0n) is 16.3. The number of nitrogens with one attached hydrogen (secondary N) is 1. The van der Waals surface area contributed by atoms with Crippen LogP contribution in [0.4, 0.5) is 0 Å². The molecule has 7 nitrogen and oxygen atoms in total. The number of halogens is 1. The maximum Gasteiger partial charge on any atom is 0.277 e. The van der Waals surface area contributed by atoms with Gasteiger partial charge in [0, 0.05) is 11.6 Å². The first-order valence-corrected chi connectivity index (χ1v) is 9.40. The molecule has 0 aliphatic carbocycles. The second kappa shape index (κ2) is 10.3. The van der Waals surface area contributed by atoms with Gasteiger partial charge in [0.1, 0.15) is 17.9 Å². The van der Waals surface area contributed by atoms with Crippen LogP contribution >= 0.6 is 11.6 Å². The summed E-state index contributed by atoms with van der Waals surface area (Å²) in [7, 11) is 1.51. The normalized spacial score (nSPS) is 10.7. The molecule has 1 heterocycles. The lowest BCUT2D eigenvalue weighted by molar-refractivity contribution is -0.123. The molecule has 30 heavy (non-hydrogen) atoms. The second-order valence-corrected chi connectivity index (χ2v) is 6.45. The van der Waals surface area contributed by atoms with Crippen molar-refractivity contribution in [3.05, 3.63) is 71.9 Å². The molecule has 0 bridgehead atoms. The van der Waals surface area contributed by atoms with E-state index in [1.807, 2.05) is 24.3 Å². The van der Waals surface area contributed by atoms with Gasteiger partial charge in [0.05, 0.1) is 18.3 Å². The van der Waals surface area contributed by atoms with Crippen LogP contribution < -0.4 is 19.6 Å². The molecule has 0 aliphatic heterocycles. The standard InChI is InChI=1S/C22H20ClN3O4/c1-3-10-29-22-17(23)11-15(12-19(22)28-2)13-25-26-20(27)14-30-18-8-4-6-16-7-5-9-24-21(16)18/h3-9,11-13H,1,10,14H2,2H3,(H,26,27)/b25-13-. The molecule has 0 unspecified atom stereocenters. The Balaban J connectivity index is 1.60. The first kappa shape index (κ1) is 21.1. The zero-order valence-corrected chi connectivity index (χ0v) is 17.1. The van der Waals surface area contributed by atoms with Crippen LogP contribution in [0.3, 0.4) is 0 Å². The Morgan fingerprint density at radius 3 is 2.87 bits per heavy atom. The second-order valence-electron chi connectivity index (χ2n) is 6.05. The number of amides is 1. The molecule has 3 rings (SSSR count). The van der Waals surface area contributed by atoms with Crippen molar-refractivity contribution in [2.75, 3.05) is 20.3 Å². The Bertz CT molecular complexity index is 1080. The van der Waals surface area contributed by atoms with Crippen LogP contribution in [0.2, 0.25) is 5.02 Å². The Morgan fingerprint density at radius 2 is 2.07 bits per heavy atom. The van der Waals surface area contributed by atoms with Crippen molar-refractivity contribution < 1.29 is 19.0 Å². The largest absolute Gasteiger partial charge is 0.493 e. The van der Waals surface area contributed by atoms with E-state index < -0.39 is 5.91 Å². The number of hydrazone groups is 1. The lowest BCUT2D eigenvalue weighted by atomic mass is 10.2. The van der Waals surface area contributed by atoms with Crippen LogP contribution in [-0.4, -0.2) is 37.4 Å². The van der Waals surface area contributed by atoms with Gasteiger partial charge in [-0.15, -0.1) is 0 Å². The average molecular weight is 426 g/mol. The Kier molecular flexibility index (Phi) is 7.24. The van der Waals surface area contributed by atoms with E-state index in [0.717, 1.165) is 5.39 Å². The lowest BCUT2D eigenvalue weighted by Gasteiger charge is -2.12. The van der Waals surface area contributed by atoms with E-state index in [4.69, 9.17) is 25.8 Å². The van der Waals surface area contributed by atoms with E-state index in [0.29, 0.717) is 40.0 Å². The molecule has 1 aromatic heterocycles. The molecular weight excluding hydrogens is 406 g/mol. The number of hydrogen-bond donors (Lipinski definition) is 1. The van der Waals surface area contributed by atoms with Gasteiger partial charge in [-0.1, -0.05) is 42.5 Å². The highest BCUT2D eigenvalue weighted by Gasteiger charge is 2.11. The third kappa shape index (κ3) is 5.27. The first-order chi connectivity index (χ1) is 14.6. The van der Waals surface area contributed by atoms with Crippen molar-refractivity contribution in [1.82, 2.24) is 10.4 Å². The average Bonchev–Trinajstić information content (AvgIpc) is 2.76. The lowest BCUT2D eigenvalue weighted by Crippen LogP contribution is -2.24. The first-order valence-electron chi connectivity index (χ1n) is 9.02. The van der Waals surface area contributed by atoms with Gasteiger partial charge >= 0.3 is 0 Å². The molecule has 0 saturated heterocycles. The monoisotopic (exact) mass is 425 g/mol. The number of para-hydroxylation sites is 1. The van der Waals surface area contributed by atoms with Gasteiger partial charge in [0.2, 0.25) is 0 Å². The summed E-state index contributed by atoms with van der Waals surface area (Å²) in [5, 5.41) is 5.22. The number of fused-ring (bicyclic) bond motifs is 1. The quantitative estimate of drug-likeness (QED) is 0.318. The molecule has 0 fully saturated rings. The number of carbonyl (C=O) groups is 1. The van der Waals surface area contributed by atoms with Crippen molar-refractivity contribution in [2.24, 2.45) is 5.10 Å². The van der Waals surface area contributed by atoms with Gasteiger partial charge in [0.25, 0.3) is 5.91 Å². The van der Waals surface area contributed by atoms with Crippen LogP contribution in [-0.2, 0) is 4.79 Å². The van der Waals surface area contributed by atoms with Crippen LogP contribution in [0, 0.1) is 0 Å². The molecule has 3 aromatic rings. The van der Waals surface area contributed by atoms with Crippen LogP contribution in [0.15, 0.2) is 66.4 Å². The van der Waals surface area contributed by atoms with Crippen LogP contribution in [0.5, 0.6) is 17.2 Å². The summed E-state index contributed by atoms with van der Waals surface area (Å²) in [4.78, 5) is 16.3. The van der Waals surface area contributed by atoms with Gasteiger partial charge in [0.15, 0.2) is 18.1 Å². The Morgan fingerprint density at radius 1 is 1.23 bits per heavy atom. The highest BCUT2D eigenvalue weighted by atomic mass is 35.5. The molecule has 154 valence electrons. The number of benzene rings is 2. The number of rotatable bonds is 9. The Hall–Kier alpha value is -3.58. The van der Waals surface area contributed by atoms with Gasteiger partial charge in [-0.25, -0.2) is 5.43 Å². The molecule has 0 saturated carbocycles. The van der Waals surface area contributed by atoms with Crippen LogP contribution in [0.25, 0.3) is 10.9 Å². The van der Waals surface area contributed by atoms with E-state index in [9.17, 15) is 4.79 Å². The summed E-state index contributed by atoms with van der Waals surface area (Å²) in [6, 6.07) is 12.6. The number of pyridine rings is 1. The fourth-order valence-corrected chi connectivity index (χ4v) is 2.92. The molecule has 1 N–H and O–H groups in total. The minimum Gasteiger partial charge on any atom is -0.493 e. The minimum absolute atomic E-state index is 0.203. The number of nitrogens with zero attached hydrogens (tertiary/aromatic N) is 2. The van der Waals surface area contributed by atoms with E-state index in [1.165, 1.54) is 13.3 Å². The summed E-state index contributed by atoms with van der Waals surface area (Å²) in [6.45, 7) is 3.70. The van der Waals surface area contributed by atoms with Crippen LogP contribution in [0.1, 0.15) is 5.56 Å². The third-order valence-electron chi connectivity index (χ3n) is 3.95. The van der Waals surface area contributed by atoms with E-state index in [-0.39, 0.29) is 6.61 Å². The van der Waals surface area contributed by atoms with E-state index >= 15 is 0 Å². The smallest absolute Gasteiger partial charge is 0.277 e. The minimum atomic E-state index is -0.414. The van der Waals surface area contributed by atoms with Gasteiger partial charge in [-0.05, 0) is 29.8 Å². The summed E-state index contributed by atoms with van der Waals surface area (Å²) < 4.78 is 16.4. The van der Waals surface area contributed by atoms with Gasteiger partial charge in [-0.2, -0.15) is 5.10 Å². The highest BCUT2D eigenvalue weighted by molar-refractivity contribution is 6.32. The van der Waals surface area contributed by atoms with Crippen molar-refractivity contribution in [1.29, 1.82) is 0 Å². The summed E-state index contributed by atoms with van der Waals surface area (Å²) >= 11 is 6.24. The van der Waals surface area contributed by atoms with Crippen molar-refractivity contribution in [3.8, 4) is 17.2 Å². The predicted octanol–water partition coefficient (Wildman–Crippen LogP) is 3.99. The van der Waals surface area contributed by atoms with E-state index in [2.05, 4.69) is 22.1 Å². The maximum absolute atomic E-state index is 12.1. The van der Waals surface area contributed by atoms with Gasteiger partial charge < -0.3 is 14.2 Å². The fourth-order valence-electron chi connectivity index (χ4n) is 2.64. The molecule has 8 heteroatoms. The number of carbonyl (C=O) groups excluding carboxylic acids is 1. The summed E-state index contributed by atoms with van der Waals surface area (Å²) in [6.07, 6.45) is 4.73. The summed E-state index contributed by atoms with van der Waals surface area (Å²) in [5.74, 6) is 0.975. The SMILES string of the molecule is C=CCOc1c(Cl)cc(/C=N\NC(=O)COc2cccc3cccnc23)cc1OC. The Labute approximate surface area is 178 Å². The highest BCUT2D eigenvalue weighted by Crippen LogP contribution is 2.36. The van der Waals surface area contributed by atoms with Crippen molar-refractivity contribution in [2.45, 2.75) is 0 Å². The predicted molar refractivity (Wildman–Crippen MR) is 117 cm³/mol. The topological polar surface area (TPSA) is 82.0 Å². The number of aromatic nitrogens is 1. The maximum atomic E-state index is 12.1. The zero-order chi connectivity index (χ0) is 21.3. The number of methoxy groups -OCH3 is 1. The van der Waals surface area contributed by atoms with Crippen molar-refractivity contribution >= 4 is 34.6 Å². The van der Waals surface area contributed by atoms with Gasteiger partial charge in [-0.3, -0.25) is 9.78 Å². The number of hydrogen-bond acceptors (Lipinski definition) is 6. The third-order valence-corrected chi connectivity index (χ3v) is 4.24. The molecular formula is C22H20ClN3O4. The van der Waals surface area contributed by atoms with E-state index in [1.54, 1.807) is 30.5 Å². The fraction of sp³-hybridized carbons (Fsp3) is 0.136.